The molecule has 132 valence electrons. The van der Waals surface area contributed by atoms with Crippen molar-refractivity contribution in [2.24, 2.45) is 0 Å². The normalized spacial score (nSPS) is 10.7. The lowest BCUT2D eigenvalue weighted by Gasteiger charge is -2.10. The zero-order valence-electron chi connectivity index (χ0n) is 14.5. The van der Waals surface area contributed by atoms with Crippen LogP contribution in [0.2, 0.25) is 0 Å². The number of para-hydroxylation sites is 2. The molecule has 4 rings (SSSR count). The van der Waals surface area contributed by atoms with Crippen LogP contribution in [0.3, 0.4) is 0 Å². The molecule has 2 aromatic heterocycles. The molecule has 0 radical (unpaired) electrons. The minimum absolute atomic E-state index is 0.156. The predicted octanol–water partition coefficient (Wildman–Crippen LogP) is 5.17. The second kappa shape index (κ2) is 8.01. The highest BCUT2D eigenvalue weighted by atomic mass is 32.2. The Morgan fingerprint density at radius 2 is 1.67 bits per heavy atom. The molecule has 0 aliphatic heterocycles. The van der Waals surface area contributed by atoms with Gasteiger partial charge in [-0.3, -0.25) is 9.78 Å². The number of hydrogen-bond acceptors (Lipinski definition) is 4. The molecule has 27 heavy (non-hydrogen) atoms. The van der Waals surface area contributed by atoms with Gasteiger partial charge in [0.05, 0.1) is 11.1 Å². The first-order chi connectivity index (χ1) is 13.3. The third-order valence-corrected chi connectivity index (χ3v) is 5.21. The van der Waals surface area contributed by atoms with Gasteiger partial charge in [0.15, 0.2) is 0 Å². The van der Waals surface area contributed by atoms with Gasteiger partial charge in [0, 0.05) is 29.2 Å². The Balaban J connectivity index is 1.55. The van der Waals surface area contributed by atoms with Gasteiger partial charge in [0.1, 0.15) is 5.03 Å². The third-order valence-electron chi connectivity index (χ3n) is 4.15. The summed E-state index contributed by atoms with van der Waals surface area (Å²) in [5.74, 6) is 0.558. The number of hydrogen-bond donors (Lipinski definition) is 1. The Morgan fingerprint density at radius 3 is 2.56 bits per heavy atom. The van der Waals surface area contributed by atoms with E-state index in [0.29, 0.717) is 16.3 Å². The fraction of sp³-hybridized carbons (Fsp3) is 0.0455. The molecule has 0 aliphatic carbocycles. The maximum atomic E-state index is 12.7. The molecule has 0 atom stereocenters. The highest BCUT2D eigenvalue weighted by Crippen LogP contribution is 2.27. The number of anilines is 1. The average Bonchev–Trinajstić information content (AvgIpc) is 2.73. The third kappa shape index (κ3) is 3.99. The van der Waals surface area contributed by atoms with Crippen LogP contribution >= 0.6 is 11.8 Å². The topological polar surface area (TPSA) is 54.9 Å². The van der Waals surface area contributed by atoms with Gasteiger partial charge in [0.25, 0.3) is 5.91 Å². The Bertz CT molecular complexity index is 1080. The maximum Gasteiger partial charge on any atom is 0.258 e. The largest absolute Gasteiger partial charge is 0.322 e. The number of aromatic nitrogens is 2. The summed E-state index contributed by atoms with van der Waals surface area (Å²) in [5, 5.41) is 4.76. The van der Waals surface area contributed by atoms with Gasteiger partial charge in [-0.15, -0.1) is 11.8 Å². The quantitative estimate of drug-likeness (QED) is 0.492. The van der Waals surface area contributed by atoms with Crippen molar-refractivity contribution in [2.75, 3.05) is 5.32 Å². The van der Waals surface area contributed by atoms with Crippen LogP contribution in [-0.4, -0.2) is 15.9 Å². The van der Waals surface area contributed by atoms with Crippen LogP contribution in [0, 0.1) is 0 Å². The van der Waals surface area contributed by atoms with E-state index in [0.717, 1.165) is 16.6 Å². The average molecular weight is 371 g/mol. The summed E-state index contributed by atoms with van der Waals surface area (Å²) >= 11 is 1.55. The van der Waals surface area contributed by atoms with E-state index in [4.69, 9.17) is 0 Å². The van der Waals surface area contributed by atoms with Crippen LogP contribution in [0.5, 0.6) is 0 Å². The van der Waals surface area contributed by atoms with E-state index in [1.165, 1.54) is 5.56 Å². The molecular weight excluding hydrogens is 354 g/mol. The second-order valence-electron chi connectivity index (χ2n) is 5.95. The van der Waals surface area contributed by atoms with Crippen molar-refractivity contribution in [2.45, 2.75) is 10.8 Å². The molecule has 0 bridgehead atoms. The first kappa shape index (κ1) is 17.2. The molecule has 0 unspecified atom stereocenters. The standard InChI is InChI=1S/C22H17N3OS/c26-21(25-17-7-2-1-3-8-17)19-10-6-13-24-22(19)27-15-16-12-14-23-20-11-5-4-9-18(16)20/h1-14H,15H2,(H,25,26). The molecule has 1 N–H and O–H groups in total. The number of fused-ring (bicyclic) bond motifs is 1. The Labute approximate surface area is 161 Å². The smallest absolute Gasteiger partial charge is 0.258 e. The van der Waals surface area contributed by atoms with E-state index in [-0.39, 0.29) is 5.91 Å². The lowest BCUT2D eigenvalue weighted by Crippen LogP contribution is -2.13. The van der Waals surface area contributed by atoms with E-state index in [2.05, 4.69) is 21.4 Å². The van der Waals surface area contributed by atoms with Crippen molar-refractivity contribution in [3.8, 4) is 0 Å². The molecule has 2 heterocycles. The van der Waals surface area contributed by atoms with Crippen LogP contribution in [0.4, 0.5) is 5.69 Å². The Morgan fingerprint density at radius 1 is 0.852 bits per heavy atom. The lowest BCUT2D eigenvalue weighted by atomic mass is 10.1. The summed E-state index contributed by atoms with van der Waals surface area (Å²) in [6.07, 6.45) is 3.53. The minimum atomic E-state index is -0.156. The monoisotopic (exact) mass is 371 g/mol. The summed E-state index contributed by atoms with van der Waals surface area (Å²) in [6, 6.07) is 23.1. The van der Waals surface area contributed by atoms with Crippen molar-refractivity contribution in [3.05, 3.63) is 96.3 Å². The lowest BCUT2D eigenvalue weighted by molar-refractivity contribution is 0.102. The number of rotatable bonds is 5. The van der Waals surface area contributed by atoms with E-state index in [1.807, 2.05) is 60.8 Å². The van der Waals surface area contributed by atoms with Crippen LogP contribution < -0.4 is 5.32 Å². The van der Waals surface area contributed by atoms with E-state index >= 15 is 0 Å². The number of carbonyl (C=O) groups is 1. The molecule has 0 fully saturated rings. The summed E-state index contributed by atoms with van der Waals surface area (Å²) in [6.45, 7) is 0. The molecule has 2 aromatic carbocycles. The van der Waals surface area contributed by atoms with Gasteiger partial charge in [-0.25, -0.2) is 4.98 Å². The Hall–Kier alpha value is -3.18. The number of nitrogens with zero attached hydrogens (tertiary/aromatic N) is 2. The van der Waals surface area contributed by atoms with E-state index in [9.17, 15) is 4.79 Å². The molecule has 0 spiro atoms. The first-order valence-corrected chi connectivity index (χ1v) is 9.57. The van der Waals surface area contributed by atoms with Crippen LogP contribution in [0.25, 0.3) is 10.9 Å². The summed E-state index contributed by atoms with van der Waals surface area (Å²) in [4.78, 5) is 21.5. The highest BCUT2D eigenvalue weighted by Gasteiger charge is 2.13. The van der Waals surface area contributed by atoms with Gasteiger partial charge >= 0.3 is 0 Å². The molecule has 4 aromatic rings. The first-order valence-electron chi connectivity index (χ1n) is 8.58. The summed E-state index contributed by atoms with van der Waals surface area (Å²) < 4.78 is 0. The van der Waals surface area contributed by atoms with Crippen molar-refractivity contribution < 1.29 is 4.79 Å². The molecule has 0 aliphatic rings. The van der Waals surface area contributed by atoms with E-state index < -0.39 is 0 Å². The van der Waals surface area contributed by atoms with Crippen LogP contribution in [-0.2, 0) is 5.75 Å². The van der Waals surface area contributed by atoms with Gasteiger partial charge in [-0.2, -0.15) is 0 Å². The van der Waals surface area contributed by atoms with Gasteiger partial charge in [0.2, 0.25) is 0 Å². The summed E-state index contributed by atoms with van der Waals surface area (Å²) in [7, 11) is 0. The van der Waals surface area contributed by atoms with Crippen LogP contribution in [0.15, 0.2) is 90.2 Å². The number of pyridine rings is 2. The molecule has 4 nitrogen and oxygen atoms in total. The molecule has 5 heteroatoms. The van der Waals surface area contributed by atoms with E-state index in [1.54, 1.807) is 30.1 Å². The van der Waals surface area contributed by atoms with Crippen molar-refractivity contribution in [1.82, 2.24) is 9.97 Å². The molecular formula is C22H17N3OS. The number of nitrogens with one attached hydrogen (secondary N) is 1. The second-order valence-corrected chi connectivity index (χ2v) is 6.92. The minimum Gasteiger partial charge on any atom is -0.322 e. The number of thioether (sulfide) groups is 1. The highest BCUT2D eigenvalue weighted by molar-refractivity contribution is 7.98. The fourth-order valence-electron chi connectivity index (χ4n) is 2.83. The van der Waals surface area contributed by atoms with Crippen molar-refractivity contribution in [1.29, 1.82) is 0 Å². The number of amides is 1. The zero-order chi connectivity index (χ0) is 18.5. The van der Waals surface area contributed by atoms with Gasteiger partial charge in [-0.1, -0.05) is 36.4 Å². The zero-order valence-corrected chi connectivity index (χ0v) is 15.3. The Kier molecular flexibility index (Phi) is 5.12. The predicted molar refractivity (Wildman–Crippen MR) is 110 cm³/mol. The number of carbonyl (C=O) groups excluding carboxylic acids is 1. The summed E-state index contributed by atoms with van der Waals surface area (Å²) in [5.41, 5.74) is 3.48. The SMILES string of the molecule is O=C(Nc1ccccc1)c1cccnc1SCc1ccnc2ccccc12. The fourth-order valence-corrected chi connectivity index (χ4v) is 3.82. The molecule has 1 amide bonds. The van der Waals surface area contributed by atoms with Gasteiger partial charge < -0.3 is 5.32 Å². The molecule has 0 saturated carbocycles. The maximum absolute atomic E-state index is 12.7. The van der Waals surface area contributed by atoms with Crippen LogP contribution in [0.1, 0.15) is 15.9 Å². The van der Waals surface area contributed by atoms with Gasteiger partial charge in [-0.05, 0) is 42.0 Å². The van der Waals surface area contributed by atoms with Crippen molar-refractivity contribution >= 4 is 34.3 Å². The molecule has 0 saturated heterocycles. The number of benzene rings is 2. The van der Waals surface area contributed by atoms with Crippen molar-refractivity contribution in [3.63, 3.8) is 0 Å².